The van der Waals surface area contributed by atoms with E-state index >= 15 is 0 Å². The third-order valence-corrected chi connectivity index (χ3v) is 10.7. The Labute approximate surface area is 306 Å². The van der Waals surface area contributed by atoms with Gasteiger partial charge < -0.3 is 4.42 Å². The summed E-state index contributed by atoms with van der Waals surface area (Å²) in [5.74, 6) is 0.673. The average Bonchev–Trinajstić information content (AvgIpc) is 3.59. The normalized spacial score (nSPS) is 17.2. The molecule has 1 aliphatic rings. The Morgan fingerprint density at radius 3 is 2.13 bits per heavy atom. The SMILES string of the molecule is C\C1=C(c2ccc(-c3ccccc3)cc2)/N=C(c2cccc3c4c(ccc5ccccc54)c[n+](C)c23)\N=C(\c2cncc3oc4ccccc4c23)CC1. The van der Waals surface area contributed by atoms with Gasteiger partial charge in [0, 0.05) is 38.9 Å². The van der Waals surface area contributed by atoms with E-state index in [0.717, 1.165) is 68.4 Å². The first kappa shape index (κ1) is 31.1. The number of pyridine rings is 2. The summed E-state index contributed by atoms with van der Waals surface area (Å²) in [5, 5.41) is 8.14. The molecule has 0 N–H and O–H groups in total. The Hall–Kier alpha value is -6.72. The van der Waals surface area contributed by atoms with Crippen molar-refractivity contribution in [3.8, 4) is 11.1 Å². The lowest BCUT2D eigenvalue weighted by molar-refractivity contribution is -0.643. The van der Waals surface area contributed by atoms with Crippen LogP contribution >= 0.6 is 0 Å². The van der Waals surface area contributed by atoms with Gasteiger partial charge in [0.25, 0.3) is 0 Å². The van der Waals surface area contributed by atoms with E-state index in [1.165, 1.54) is 43.6 Å². The quantitative estimate of drug-likeness (QED) is 0.137. The molecule has 252 valence electrons. The van der Waals surface area contributed by atoms with Gasteiger partial charge in [-0.2, -0.15) is 4.57 Å². The van der Waals surface area contributed by atoms with Crippen LogP contribution in [0.1, 0.15) is 36.5 Å². The van der Waals surface area contributed by atoms with Crippen LogP contribution in [0.25, 0.3) is 71.2 Å². The molecule has 0 radical (unpaired) electrons. The molecule has 5 nitrogen and oxygen atoms in total. The number of furan rings is 1. The molecule has 4 heterocycles. The fraction of sp³-hybridized carbons (Fsp3) is 0.0833. The van der Waals surface area contributed by atoms with Crippen molar-refractivity contribution >= 4 is 71.6 Å². The molecule has 0 spiro atoms. The second-order valence-corrected chi connectivity index (χ2v) is 13.9. The monoisotopic (exact) mass is 683 g/mol. The Morgan fingerprint density at radius 2 is 1.26 bits per heavy atom. The van der Waals surface area contributed by atoms with Crippen LogP contribution < -0.4 is 4.57 Å². The molecule has 0 unspecified atom stereocenters. The molecule has 0 aliphatic carbocycles. The van der Waals surface area contributed by atoms with Crippen LogP contribution in [0.15, 0.2) is 172 Å². The van der Waals surface area contributed by atoms with Gasteiger partial charge in [0.1, 0.15) is 12.6 Å². The first-order chi connectivity index (χ1) is 26.1. The second-order valence-electron chi connectivity index (χ2n) is 13.9. The maximum Gasteiger partial charge on any atom is 0.224 e. The molecule has 0 fully saturated rings. The Morgan fingerprint density at radius 1 is 0.547 bits per heavy atom. The number of amidine groups is 1. The standard InChI is InChI=1S/C48H35N4O/c1-30-19-26-41(40-27-49-28-43-45(40)37-15-8-9-18-42(37)53-43)50-48(51-46(30)34-23-20-32(21-24-34)31-11-4-3-5-12-31)39-17-10-16-38-44-35(29-52(2)47(38)39)25-22-33-13-6-7-14-36(33)44/h3-18,20-25,27-29H,19,26H2,1-2H3/q+1/b46-30+,50-41+,51-48-. The number of fused-ring (bicyclic) bond motifs is 8. The van der Waals surface area contributed by atoms with Gasteiger partial charge in [-0.25, -0.2) is 9.98 Å². The third-order valence-electron chi connectivity index (χ3n) is 10.7. The first-order valence-corrected chi connectivity index (χ1v) is 18.1. The molecule has 0 amide bonds. The van der Waals surface area contributed by atoms with Crippen LogP contribution in [0.5, 0.6) is 0 Å². The highest BCUT2D eigenvalue weighted by Gasteiger charge is 2.24. The maximum absolute atomic E-state index is 6.28. The number of aliphatic imine (C=N–C) groups is 2. The fourth-order valence-electron chi connectivity index (χ4n) is 8.08. The number of nitrogens with zero attached hydrogens (tertiary/aromatic N) is 4. The Balaban J connectivity index is 1.23. The number of aryl methyl sites for hydroxylation is 1. The van der Waals surface area contributed by atoms with Crippen LogP contribution in [0.4, 0.5) is 0 Å². The van der Waals surface area contributed by atoms with Crippen molar-refractivity contribution in [3.63, 3.8) is 0 Å². The molecule has 0 saturated carbocycles. The number of aromatic nitrogens is 2. The molecule has 10 rings (SSSR count). The van der Waals surface area contributed by atoms with E-state index in [0.29, 0.717) is 5.84 Å². The lowest BCUT2D eigenvalue weighted by Crippen LogP contribution is -2.30. The molecule has 3 aromatic heterocycles. The summed E-state index contributed by atoms with van der Waals surface area (Å²) in [6.07, 6.45) is 7.50. The summed E-state index contributed by atoms with van der Waals surface area (Å²) in [4.78, 5) is 15.8. The van der Waals surface area contributed by atoms with Crippen LogP contribution in [0, 0.1) is 0 Å². The first-order valence-electron chi connectivity index (χ1n) is 18.1. The van der Waals surface area contributed by atoms with E-state index in [4.69, 9.17) is 14.4 Å². The zero-order valence-corrected chi connectivity index (χ0v) is 29.5. The van der Waals surface area contributed by atoms with Crippen LogP contribution in [0.3, 0.4) is 0 Å². The average molecular weight is 684 g/mol. The molecule has 0 saturated heterocycles. The minimum atomic E-state index is 0.673. The van der Waals surface area contributed by atoms with E-state index < -0.39 is 0 Å². The van der Waals surface area contributed by atoms with Crippen LogP contribution in [-0.4, -0.2) is 16.5 Å². The van der Waals surface area contributed by atoms with Gasteiger partial charge in [0.05, 0.1) is 28.6 Å². The number of benzene rings is 6. The number of para-hydroxylation sites is 2. The van der Waals surface area contributed by atoms with Gasteiger partial charge in [-0.05, 0) is 71.5 Å². The third kappa shape index (κ3) is 5.24. The molecular formula is C48H35N4O+. The van der Waals surface area contributed by atoms with Crippen molar-refractivity contribution in [3.05, 3.63) is 174 Å². The molecule has 5 heteroatoms. The number of hydrogen-bond donors (Lipinski definition) is 0. The summed E-state index contributed by atoms with van der Waals surface area (Å²) in [5.41, 5.74) is 11.2. The lowest BCUT2D eigenvalue weighted by atomic mass is 9.95. The highest BCUT2D eigenvalue weighted by Crippen LogP contribution is 2.36. The minimum absolute atomic E-state index is 0.673. The lowest BCUT2D eigenvalue weighted by Gasteiger charge is -2.17. The molecular weight excluding hydrogens is 649 g/mol. The maximum atomic E-state index is 6.28. The molecule has 6 aromatic carbocycles. The van der Waals surface area contributed by atoms with E-state index in [1.54, 1.807) is 6.20 Å². The highest BCUT2D eigenvalue weighted by molar-refractivity contribution is 6.25. The molecule has 1 aliphatic heterocycles. The Bertz CT molecular complexity index is 3010. The predicted molar refractivity (Wildman–Crippen MR) is 218 cm³/mol. The topological polar surface area (TPSA) is 54.6 Å². The van der Waals surface area contributed by atoms with Gasteiger partial charge in [-0.1, -0.05) is 109 Å². The number of hydrogen-bond acceptors (Lipinski definition) is 4. The van der Waals surface area contributed by atoms with Gasteiger partial charge in [-0.3, -0.25) is 4.98 Å². The summed E-state index contributed by atoms with van der Waals surface area (Å²) in [7, 11) is 2.13. The van der Waals surface area contributed by atoms with E-state index in [-0.39, 0.29) is 0 Å². The van der Waals surface area contributed by atoms with Crippen molar-refractivity contribution in [2.24, 2.45) is 17.0 Å². The van der Waals surface area contributed by atoms with Crippen molar-refractivity contribution in [1.82, 2.24) is 4.98 Å². The fourth-order valence-corrected chi connectivity index (χ4v) is 8.08. The van der Waals surface area contributed by atoms with Gasteiger partial charge in [-0.15, -0.1) is 0 Å². The van der Waals surface area contributed by atoms with Crippen molar-refractivity contribution in [2.75, 3.05) is 0 Å². The van der Waals surface area contributed by atoms with E-state index in [2.05, 4.69) is 151 Å². The number of allylic oxidation sites excluding steroid dienone is 1. The van der Waals surface area contributed by atoms with Crippen molar-refractivity contribution in [1.29, 1.82) is 0 Å². The molecule has 9 aromatic rings. The zero-order valence-electron chi connectivity index (χ0n) is 29.5. The minimum Gasteiger partial charge on any atom is -0.454 e. The molecule has 0 atom stereocenters. The smallest absolute Gasteiger partial charge is 0.224 e. The highest BCUT2D eigenvalue weighted by atomic mass is 16.3. The Kier molecular flexibility index (Phi) is 7.32. The van der Waals surface area contributed by atoms with E-state index in [9.17, 15) is 0 Å². The molecule has 53 heavy (non-hydrogen) atoms. The van der Waals surface area contributed by atoms with Crippen LogP contribution in [-0.2, 0) is 7.05 Å². The van der Waals surface area contributed by atoms with Gasteiger partial charge in [0.15, 0.2) is 17.6 Å². The summed E-state index contributed by atoms with van der Waals surface area (Å²) < 4.78 is 8.51. The summed E-state index contributed by atoms with van der Waals surface area (Å²) in [6.45, 7) is 2.21. The van der Waals surface area contributed by atoms with Gasteiger partial charge >= 0.3 is 0 Å². The van der Waals surface area contributed by atoms with E-state index in [1.807, 2.05) is 18.3 Å². The van der Waals surface area contributed by atoms with Gasteiger partial charge in [0.2, 0.25) is 5.52 Å². The molecule has 0 bridgehead atoms. The van der Waals surface area contributed by atoms with Crippen molar-refractivity contribution in [2.45, 2.75) is 19.8 Å². The number of rotatable bonds is 4. The second kappa shape index (κ2) is 12.5. The zero-order chi connectivity index (χ0) is 35.5. The predicted octanol–water partition coefficient (Wildman–Crippen LogP) is 11.4. The van der Waals surface area contributed by atoms with Crippen LogP contribution in [0.2, 0.25) is 0 Å². The summed E-state index contributed by atoms with van der Waals surface area (Å²) >= 11 is 0. The largest absolute Gasteiger partial charge is 0.454 e. The van der Waals surface area contributed by atoms with Crippen molar-refractivity contribution < 1.29 is 8.98 Å². The summed E-state index contributed by atoms with van der Waals surface area (Å²) in [6, 6.07) is 47.1.